The Bertz CT molecular complexity index is 2170. The van der Waals surface area contributed by atoms with Gasteiger partial charge in [0.2, 0.25) is 22.1 Å². The lowest BCUT2D eigenvalue weighted by Crippen LogP contribution is -2.36. The number of pyridine rings is 2. The van der Waals surface area contributed by atoms with E-state index < -0.39 is 0 Å². The number of hydrogen-bond acceptors (Lipinski definition) is 9. The van der Waals surface area contributed by atoms with Crippen LogP contribution in [-0.2, 0) is 17.8 Å². The highest BCUT2D eigenvalue weighted by Crippen LogP contribution is 2.27. The lowest BCUT2D eigenvalue weighted by molar-refractivity contribution is -0.646. The van der Waals surface area contributed by atoms with Crippen molar-refractivity contribution in [1.82, 2.24) is 0 Å². The van der Waals surface area contributed by atoms with E-state index in [1.807, 2.05) is 0 Å². The van der Waals surface area contributed by atoms with Crippen LogP contribution in [0.15, 0.2) is 94.9 Å². The van der Waals surface area contributed by atoms with Gasteiger partial charge >= 0.3 is 0 Å². The number of fused-ring (bicyclic) bond motifs is 4. The lowest BCUT2D eigenvalue weighted by atomic mass is 10.1. The van der Waals surface area contributed by atoms with Crippen molar-refractivity contribution in [1.29, 1.82) is 0 Å². The molecular weight excluding hydrogens is 761 g/mol. The molecule has 0 fully saturated rings. The predicted octanol–water partition coefficient (Wildman–Crippen LogP) is 6.49. The van der Waals surface area contributed by atoms with Gasteiger partial charge < -0.3 is 44.5 Å². The van der Waals surface area contributed by atoms with E-state index in [0.29, 0.717) is 39.1 Å². The third kappa shape index (κ3) is 11.8. The number of aromatic nitrogens is 2. The Labute approximate surface area is 362 Å². The number of nitrogens with zero attached hydrogens (tertiary/aromatic N) is 8. The largest absolute Gasteiger partial charge is 0.862 e. The highest BCUT2D eigenvalue weighted by molar-refractivity contribution is 5.92. The Kier molecular flexibility index (Phi) is 15.6. The van der Waals surface area contributed by atoms with Crippen LogP contribution < -0.4 is 38.9 Å². The van der Waals surface area contributed by atoms with Gasteiger partial charge in [-0.1, -0.05) is 0 Å². The lowest BCUT2D eigenvalue weighted by Gasteiger charge is -2.15. The monoisotopic (exact) mass is 827 g/mol. The van der Waals surface area contributed by atoms with E-state index in [2.05, 4.69) is 180 Å². The van der Waals surface area contributed by atoms with Crippen LogP contribution in [0.2, 0.25) is 0 Å². The number of unbranched alkanes of at least 4 members (excludes halogenated alkanes) is 4. The molecule has 0 radical (unpaired) electrons. The Morgan fingerprint density at radius 2 is 0.754 bits per heavy atom. The van der Waals surface area contributed by atoms with E-state index in [9.17, 15) is 10.2 Å². The molecule has 6 aromatic rings. The molecule has 61 heavy (non-hydrogen) atoms. The molecule has 0 N–H and O–H groups in total. The molecule has 0 aliphatic carbocycles. The molecule has 11 nitrogen and oxygen atoms in total. The van der Waals surface area contributed by atoms with Crippen LogP contribution >= 0.6 is 0 Å². The Morgan fingerprint density at radius 1 is 0.443 bits per heavy atom. The summed E-state index contributed by atoms with van der Waals surface area (Å²) in [4.78, 5) is 17.0. The number of hydrogen-bond donors (Lipinski definition) is 0. The maximum Gasteiger partial charge on any atom is 0.215 e. The zero-order chi connectivity index (χ0) is 43.5. The maximum absolute atomic E-state index is 12.5. The molecule has 6 rings (SSSR count). The molecule has 324 valence electrons. The number of aryl methyl sites for hydroxylation is 2. The van der Waals surface area contributed by atoms with E-state index in [-0.39, 0.29) is 11.8 Å². The van der Waals surface area contributed by atoms with Gasteiger partial charge in [-0.05, 0) is 111 Å². The van der Waals surface area contributed by atoms with Crippen LogP contribution in [-0.4, -0.2) is 94.5 Å². The van der Waals surface area contributed by atoms with Gasteiger partial charge in [0.1, 0.15) is 13.1 Å². The molecule has 0 spiro atoms. The van der Waals surface area contributed by atoms with Crippen LogP contribution in [0.1, 0.15) is 51.4 Å². The van der Waals surface area contributed by atoms with E-state index in [4.69, 9.17) is 4.74 Å². The van der Waals surface area contributed by atoms with Gasteiger partial charge in [-0.2, -0.15) is 9.13 Å². The van der Waals surface area contributed by atoms with Gasteiger partial charge in [0.05, 0.1) is 26.3 Å². The van der Waals surface area contributed by atoms with Crippen LogP contribution in [0.3, 0.4) is 0 Å². The van der Waals surface area contributed by atoms with E-state index in [1.165, 1.54) is 66.4 Å². The SMILES string of the molecule is CN(C)c1ccc2cc3ccc(N(C)C)cc3[n+](CCCCCC([O-])=NCCOCCN=C([O-])CCCCC[n+]3c4cc(N(C)C)ccc4cc4ccc(N(C)C)cc43)c2c1. The first-order valence-electron chi connectivity index (χ1n) is 21.9. The van der Waals surface area contributed by atoms with Crippen LogP contribution in [0.25, 0.3) is 43.6 Å². The number of ether oxygens (including phenoxy) is 1. The smallest absolute Gasteiger partial charge is 0.215 e. The minimum Gasteiger partial charge on any atom is -0.862 e. The molecule has 0 aliphatic rings. The topological polar surface area (TPSA) is 101 Å². The van der Waals surface area contributed by atoms with Gasteiger partial charge in [0.15, 0.2) is 0 Å². The van der Waals surface area contributed by atoms with Crippen molar-refractivity contribution >= 4 is 78.2 Å². The summed E-state index contributed by atoms with van der Waals surface area (Å²) in [5.74, 6) is -0.164. The zero-order valence-electron chi connectivity index (χ0n) is 37.8. The van der Waals surface area contributed by atoms with Crippen molar-refractivity contribution in [2.24, 2.45) is 9.98 Å². The number of aliphatic imine (C=N–C) groups is 2. The molecule has 0 amide bonds. The molecule has 0 bridgehead atoms. The van der Waals surface area contributed by atoms with E-state index >= 15 is 0 Å². The van der Waals surface area contributed by atoms with Crippen molar-refractivity contribution in [3.63, 3.8) is 0 Å². The fraction of sp³-hybridized carbons (Fsp3) is 0.440. The maximum atomic E-state index is 12.5. The first-order valence-corrected chi connectivity index (χ1v) is 21.9. The standard InChI is InChI=1S/C50H66N8O3/c1-53(2)41-21-17-37-31-38-18-22-42(54(3)4)34-46(38)57(45(37)33-41)27-13-9-11-15-49(59)51-25-29-61-30-26-52-50(60)16-12-10-14-28-58-47-35-43(55(5)6)23-19-39(47)32-40-20-24-44(56(7)8)36-48(40)58/h17-24,31-36H,9-16,25-30H2,1-8H3. The third-order valence-electron chi connectivity index (χ3n) is 11.5. The van der Waals surface area contributed by atoms with Gasteiger partial charge in [-0.15, -0.1) is 0 Å². The molecule has 2 aromatic heterocycles. The molecule has 2 heterocycles. The van der Waals surface area contributed by atoms with Gasteiger partial charge in [-0.3, -0.25) is 0 Å². The predicted molar refractivity (Wildman–Crippen MR) is 253 cm³/mol. The number of benzene rings is 4. The number of rotatable bonds is 22. The van der Waals surface area contributed by atoms with Crippen LogP contribution in [0, 0.1) is 0 Å². The van der Waals surface area contributed by atoms with Crippen molar-refractivity contribution in [2.75, 3.05) is 102 Å². The summed E-state index contributed by atoms with van der Waals surface area (Å²) in [6, 6.07) is 31.1. The Balaban J connectivity index is 0.896. The van der Waals surface area contributed by atoms with E-state index in [1.54, 1.807) is 0 Å². The molecule has 0 aliphatic heterocycles. The van der Waals surface area contributed by atoms with E-state index in [0.717, 1.165) is 51.6 Å². The second kappa shape index (κ2) is 21.2. The van der Waals surface area contributed by atoms with Crippen molar-refractivity contribution in [2.45, 2.75) is 64.5 Å². The summed E-state index contributed by atoms with van der Waals surface area (Å²) in [7, 11) is 16.6. The molecule has 4 aromatic carbocycles. The fourth-order valence-corrected chi connectivity index (χ4v) is 7.92. The van der Waals surface area contributed by atoms with Crippen LogP contribution in [0.4, 0.5) is 22.7 Å². The summed E-state index contributed by atoms with van der Waals surface area (Å²) in [6.45, 7) is 3.07. The molecule has 0 saturated carbocycles. The summed E-state index contributed by atoms with van der Waals surface area (Å²) in [5.41, 5.74) is 9.55. The second-order valence-electron chi connectivity index (χ2n) is 16.9. The van der Waals surface area contributed by atoms with Gasteiger partial charge in [0, 0.05) is 138 Å². The van der Waals surface area contributed by atoms with Crippen molar-refractivity contribution < 1.29 is 24.1 Å². The summed E-state index contributed by atoms with van der Waals surface area (Å²) >= 11 is 0. The normalized spacial score (nSPS) is 12.3. The Hall–Kier alpha value is -5.68. The summed E-state index contributed by atoms with van der Waals surface area (Å²) in [6.07, 6.45) is 6.28. The molecule has 11 heteroatoms. The number of anilines is 4. The average Bonchev–Trinajstić information content (AvgIpc) is 3.24. The summed E-state index contributed by atoms with van der Waals surface area (Å²) < 4.78 is 10.5. The molecular formula is C50H66N8O3. The molecule has 0 atom stereocenters. The summed E-state index contributed by atoms with van der Waals surface area (Å²) in [5, 5.41) is 29.9. The van der Waals surface area contributed by atoms with Crippen molar-refractivity contribution in [3.8, 4) is 0 Å². The minimum atomic E-state index is -0.0818. The first-order chi connectivity index (χ1) is 29.4. The van der Waals surface area contributed by atoms with Crippen molar-refractivity contribution in [3.05, 3.63) is 84.9 Å². The zero-order valence-corrected chi connectivity index (χ0v) is 37.8. The molecule has 0 unspecified atom stereocenters. The minimum absolute atomic E-state index is 0.0818. The van der Waals surface area contributed by atoms with Crippen LogP contribution in [0.5, 0.6) is 0 Å². The van der Waals surface area contributed by atoms with Gasteiger partial charge in [0.25, 0.3) is 0 Å². The highest BCUT2D eigenvalue weighted by atomic mass is 16.5. The molecule has 0 saturated heterocycles. The average molecular weight is 827 g/mol. The highest BCUT2D eigenvalue weighted by Gasteiger charge is 2.19. The Morgan fingerprint density at radius 3 is 1.05 bits per heavy atom. The third-order valence-corrected chi connectivity index (χ3v) is 11.5. The first kappa shape index (κ1) is 44.9. The quantitative estimate of drug-likeness (QED) is 0.0254. The van der Waals surface area contributed by atoms with Gasteiger partial charge in [-0.25, -0.2) is 0 Å². The fourth-order valence-electron chi connectivity index (χ4n) is 7.92. The second-order valence-corrected chi connectivity index (χ2v) is 16.9.